The van der Waals surface area contributed by atoms with Gasteiger partial charge in [0.05, 0.1) is 34.0 Å². The first kappa shape index (κ1) is 27.5. The minimum atomic E-state index is -1.10. The number of benzene rings is 3. The number of nitriles is 1. The molecule has 0 bridgehead atoms. The van der Waals surface area contributed by atoms with Crippen LogP contribution in [-0.4, -0.2) is 60.1 Å². The molecular formula is C31H32Cl2N4O2. The number of rotatable bonds is 6. The molecule has 2 heterocycles. The third-order valence-corrected chi connectivity index (χ3v) is 8.34. The van der Waals surface area contributed by atoms with E-state index in [1.807, 2.05) is 66.4 Å². The number of hydrogen-bond donors (Lipinski definition) is 1. The minimum absolute atomic E-state index is 0.0299. The summed E-state index contributed by atoms with van der Waals surface area (Å²) in [5, 5.41) is 22.0. The fraction of sp³-hybridized carbons (Fsp3) is 0.355. The van der Waals surface area contributed by atoms with Crippen molar-refractivity contribution in [3.63, 3.8) is 0 Å². The Morgan fingerprint density at radius 1 is 1.00 bits per heavy atom. The van der Waals surface area contributed by atoms with Crippen LogP contribution in [0.3, 0.4) is 0 Å². The van der Waals surface area contributed by atoms with E-state index in [2.05, 4.69) is 15.9 Å². The number of hydrogen-bond acceptors (Lipinski definition) is 5. The van der Waals surface area contributed by atoms with Crippen LogP contribution in [0.1, 0.15) is 52.9 Å². The summed E-state index contributed by atoms with van der Waals surface area (Å²) in [5.74, 6) is 0.0575. The molecule has 3 aromatic carbocycles. The average Bonchev–Trinajstić information content (AvgIpc) is 3.48. The van der Waals surface area contributed by atoms with Crippen molar-refractivity contribution in [2.45, 2.75) is 31.4 Å². The maximum Gasteiger partial charge on any atom is 0.253 e. The second-order valence-corrected chi connectivity index (χ2v) is 11.5. The number of carbonyl (C=O) groups is 1. The molecule has 2 aliphatic rings. The summed E-state index contributed by atoms with van der Waals surface area (Å²) >= 11 is 12.8. The van der Waals surface area contributed by atoms with Crippen LogP contribution >= 0.6 is 23.2 Å². The van der Waals surface area contributed by atoms with Gasteiger partial charge in [-0.3, -0.25) is 9.69 Å². The van der Waals surface area contributed by atoms with Gasteiger partial charge in [-0.05, 0) is 73.4 Å². The van der Waals surface area contributed by atoms with Gasteiger partial charge < -0.3 is 14.9 Å². The van der Waals surface area contributed by atoms with E-state index in [1.54, 1.807) is 12.1 Å². The van der Waals surface area contributed by atoms with Crippen molar-refractivity contribution in [2.75, 3.05) is 44.2 Å². The van der Waals surface area contributed by atoms with Crippen molar-refractivity contribution in [3.05, 3.63) is 99.0 Å². The van der Waals surface area contributed by atoms with Crippen molar-refractivity contribution in [3.8, 4) is 6.07 Å². The number of nitrogens with zero attached hydrogens (tertiary/aromatic N) is 4. The second kappa shape index (κ2) is 11.6. The number of piperazine rings is 1. The number of likely N-dealkylation sites (tertiary alicyclic amines) is 1. The molecule has 3 aromatic rings. The maximum absolute atomic E-state index is 12.7. The highest BCUT2D eigenvalue weighted by Gasteiger charge is 2.34. The Kier molecular flexibility index (Phi) is 8.16. The van der Waals surface area contributed by atoms with Gasteiger partial charge in [-0.25, -0.2) is 0 Å². The van der Waals surface area contributed by atoms with Crippen LogP contribution in [0.2, 0.25) is 10.0 Å². The molecule has 0 saturated carbocycles. The molecule has 2 atom stereocenters. The number of carbonyl (C=O) groups excluding carboxylic acids is 1. The molecule has 202 valence electrons. The quantitative estimate of drug-likeness (QED) is 0.406. The largest absolute Gasteiger partial charge is 0.384 e. The van der Waals surface area contributed by atoms with Gasteiger partial charge in [-0.1, -0.05) is 47.5 Å². The Balaban J connectivity index is 1.34. The molecule has 2 saturated heterocycles. The fourth-order valence-corrected chi connectivity index (χ4v) is 6.07. The van der Waals surface area contributed by atoms with Crippen LogP contribution in [0.5, 0.6) is 0 Å². The first-order valence-corrected chi connectivity index (χ1v) is 14.1. The number of halogens is 2. The predicted octanol–water partition coefficient (Wildman–Crippen LogP) is 5.87. The number of anilines is 1. The van der Waals surface area contributed by atoms with Crippen molar-refractivity contribution >= 4 is 34.8 Å². The third-order valence-electron chi connectivity index (χ3n) is 7.78. The van der Waals surface area contributed by atoms with Crippen LogP contribution in [-0.2, 0) is 5.60 Å². The Hall–Kier alpha value is -3.08. The van der Waals surface area contributed by atoms with Gasteiger partial charge in [-0.2, -0.15) is 5.26 Å². The molecule has 6 nitrogen and oxygen atoms in total. The SMILES string of the molecule is C[C@@](O)(CN1CCN(c2ccc(C#N)cc2Cl)C(c2ccc(Cl)cc2)C1)c1ccc(C(=O)N2CCCC2)cc1. The lowest BCUT2D eigenvalue weighted by atomic mass is 9.93. The van der Waals surface area contributed by atoms with E-state index in [9.17, 15) is 15.2 Å². The van der Waals surface area contributed by atoms with E-state index < -0.39 is 5.60 Å². The zero-order valence-electron chi connectivity index (χ0n) is 22.0. The van der Waals surface area contributed by atoms with E-state index in [1.165, 1.54) is 0 Å². The standard InChI is InChI=1S/C31H32Cl2N4O2/c1-31(39,25-9-5-24(6-10-25)30(38)36-14-2-3-15-36)21-35-16-17-37(28-13-4-22(19-34)18-27(28)33)29(20-35)23-7-11-26(32)12-8-23/h4-13,18,29,39H,2-3,14-17,20-21H2,1H3/t29?,31-/m1/s1. The second-order valence-electron chi connectivity index (χ2n) is 10.6. The van der Waals surface area contributed by atoms with Crippen molar-refractivity contribution < 1.29 is 9.90 Å². The lowest BCUT2D eigenvalue weighted by molar-refractivity contribution is 0.0103. The normalized spacial score (nSPS) is 19.5. The maximum atomic E-state index is 12.7. The van der Waals surface area contributed by atoms with Crippen molar-refractivity contribution in [1.82, 2.24) is 9.80 Å². The Labute approximate surface area is 240 Å². The van der Waals surface area contributed by atoms with Crippen LogP contribution in [0, 0.1) is 11.3 Å². The van der Waals surface area contributed by atoms with Gasteiger partial charge in [0, 0.05) is 49.9 Å². The molecule has 0 aromatic heterocycles. The summed E-state index contributed by atoms with van der Waals surface area (Å²) in [6, 6.07) is 22.7. The first-order valence-electron chi connectivity index (χ1n) is 13.3. The highest BCUT2D eigenvalue weighted by Crippen LogP contribution is 2.37. The molecule has 8 heteroatoms. The topological polar surface area (TPSA) is 70.8 Å². The molecule has 0 aliphatic carbocycles. The van der Waals surface area contributed by atoms with E-state index in [4.69, 9.17) is 23.2 Å². The van der Waals surface area contributed by atoms with E-state index in [0.29, 0.717) is 40.8 Å². The number of amides is 1. The van der Waals surface area contributed by atoms with Gasteiger partial charge in [0.2, 0.25) is 0 Å². The Morgan fingerprint density at radius 3 is 2.33 bits per heavy atom. The molecule has 5 rings (SSSR count). The summed E-state index contributed by atoms with van der Waals surface area (Å²) in [6.07, 6.45) is 2.11. The van der Waals surface area contributed by atoms with Gasteiger partial charge in [-0.15, -0.1) is 0 Å². The Bertz CT molecular complexity index is 1360. The van der Waals surface area contributed by atoms with Crippen LogP contribution in [0.25, 0.3) is 0 Å². The molecule has 1 unspecified atom stereocenters. The highest BCUT2D eigenvalue weighted by atomic mass is 35.5. The fourth-order valence-electron chi connectivity index (χ4n) is 5.65. The lowest BCUT2D eigenvalue weighted by Gasteiger charge is -2.45. The number of β-amino-alcohol motifs (C(OH)–C–C–N with tert-alkyl or cyclic N) is 1. The Morgan fingerprint density at radius 2 is 1.69 bits per heavy atom. The molecule has 2 fully saturated rings. The lowest BCUT2D eigenvalue weighted by Crippen LogP contribution is -2.52. The van der Waals surface area contributed by atoms with Gasteiger partial charge in [0.25, 0.3) is 5.91 Å². The monoisotopic (exact) mass is 562 g/mol. The summed E-state index contributed by atoms with van der Waals surface area (Å²) < 4.78 is 0. The van der Waals surface area contributed by atoms with E-state index in [-0.39, 0.29) is 11.9 Å². The van der Waals surface area contributed by atoms with E-state index >= 15 is 0 Å². The van der Waals surface area contributed by atoms with Crippen LogP contribution in [0.15, 0.2) is 66.7 Å². The molecule has 0 radical (unpaired) electrons. The molecule has 2 aliphatic heterocycles. The van der Waals surface area contributed by atoms with Crippen LogP contribution in [0.4, 0.5) is 5.69 Å². The first-order chi connectivity index (χ1) is 18.7. The summed E-state index contributed by atoms with van der Waals surface area (Å²) in [7, 11) is 0. The smallest absolute Gasteiger partial charge is 0.253 e. The summed E-state index contributed by atoms with van der Waals surface area (Å²) in [5.41, 5.74) is 2.82. The molecule has 1 amide bonds. The average molecular weight is 564 g/mol. The molecule has 1 N–H and O–H groups in total. The molecule has 39 heavy (non-hydrogen) atoms. The predicted molar refractivity (Wildman–Crippen MR) is 155 cm³/mol. The summed E-state index contributed by atoms with van der Waals surface area (Å²) in [4.78, 5) is 19.2. The highest BCUT2D eigenvalue weighted by molar-refractivity contribution is 6.33. The molecular weight excluding hydrogens is 531 g/mol. The van der Waals surface area contributed by atoms with Gasteiger partial charge >= 0.3 is 0 Å². The molecule has 0 spiro atoms. The zero-order chi connectivity index (χ0) is 27.6. The van der Waals surface area contributed by atoms with E-state index in [0.717, 1.165) is 49.3 Å². The third kappa shape index (κ3) is 6.08. The van der Waals surface area contributed by atoms with Gasteiger partial charge in [0.15, 0.2) is 0 Å². The summed E-state index contributed by atoms with van der Waals surface area (Å²) in [6.45, 7) is 5.97. The van der Waals surface area contributed by atoms with Crippen molar-refractivity contribution in [2.24, 2.45) is 0 Å². The van der Waals surface area contributed by atoms with Crippen molar-refractivity contribution in [1.29, 1.82) is 5.26 Å². The minimum Gasteiger partial charge on any atom is -0.384 e. The zero-order valence-corrected chi connectivity index (χ0v) is 23.5. The van der Waals surface area contributed by atoms with Crippen LogP contribution < -0.4 is 4.90 Å². The van der Waals surface area contributed by atoms with Gasteiger partial charge in [0.1, 0.15) is 0 Å². The number of aliphatic hydroxyl groups is 1.